The number of pyridine rings is 1. The normalized spacial score (nSPS) is 10.5. The Morgan fingerprint density at radius 2 is 2.17 bits per heavy atom. The summed E-state index contributed by atoms with van der Waals surface area (Å²) in [5.74, 6) is 0. The Morgan fingerprint density at radius 1 is 1.33 bits per heavy atom. The SMILES string of the molecule is Brc1cc(I)c2ncccc2c1. The van der Waals surface area contributed by atoms with Gasteiger partial charge in [-0.3, -0.25) is 4.98 Å². The van der Waals surface area contributed by atoms with E-state index in [1.807, 2.05) is 12.3 Å². The van der Waals surface area contributed by atoms with Crippen molar-refractivity contribution in [3.63, 3.8) is 0 Å². The molecule has 2 aromatic rings. The van der Waals surface area contributed by atoms with Gasteiger partial charge in [-0.2, -0.15) is 0 Å². The summed E-state index contributed by atoms with van der Waals surface area (Å²) in [5, 5.41) is 1.18. The van der Waals surface area contributed by atoms with Crippen molar-refractivity contribution < 1.29 is 0 Å². The highest BCUT2D eigenvalue weighted by molar-refractivity contribution is 14.1. The number of fused-ring (bicyclic) bond motifs is 1. The largest absolute Gasteiger partial charge is 0.255 e. The van der Waals surface area contributed by atoms with Crippen molar-refractivity contribution >= 4 is 49.4 Å². The predicted molar refractivity (Wildman–Crippen MR) is 62.2 cm³/mol. The third-order valence-electron chi connectivity index (χ3n) is 1.62. The number of halogens is 2. The van der Waals surface area contributed by atoms with Gasteiger partial charge in [-0.1, -0.05) is 22.0 Å². The van der Waals surface area contributed by atoms with Crippen molar-refractivity contribution in [1.82, 2.24) is 4.98 Å². The second kappa shape index (κ2) is 3.30. The number of aromatic nitrogens is 1. The van der Waals surface area contributed by atoms with E-state index >= 15 is 0 Å². The third kappa shape index (κ3) is 1.47. The summed E-state index contributed by atoms with van der Waals surface area (Å²) >= 11 is 5.74. The van der Waals surface area contributed by atoms with Gasteiger partial charge in [0.05, 0.1) is 5.52 Å². The summed E-state index contributed by atoms with van der Waals surface area (Å²) in [5.41, 5.74) is 1.07. The van der Waals surface area contributed by atoms with Gasteiger partial charge in [0.15, 0.2) is 0 Å². The predicted octanol–water partition coefficient (Wildman–Crippen LogP) is 3.60. The van der Waals surface area contributed by atoms with E-state index < -0.39 is 0 Å². The van der Waals surface area contributed by atoms with Crippen molar-refractivity contribution in [2.45, 2.75) is 0 Å². The molecule has 0 aliphatic heterocycles. The molecule has 0 N–H and O–H groups in total. The molecule has 1 heterocycles. The van der Waals surface area contributed by atoms with Crippen LogP contribution in [0.25, 0.3) is 10.9 Å². The lowest BCUT2D eigenvalue weighted by molar-refractivity contribution is 1.40. The molecule has 0 radical (unpaired) electrons. The van der Waals surface area contributed by atoms with E-state index in [-0.39, 0.29) is 0 Å². The zero-order valence-corrected chi connectivity index (χ0v) is 9.83. The minimum atomic E-state index is 1.07. The highest BCUT2D eigenvalue weighted by atomic mass is 127. The van der Waals surface area contributed by atoms with Gasteiger partial charge in [0.1, 0.15) is 0 Å². The lowest BCUT2D eigenvalue weighted by Crippen LogP contribution is -1.81. The lowest BCUT2D eigenvalue weighted by Gasteiger charge is -1.99. The summed E-state index contributed by atoms with van der Waals surface area (Å²) in [6.07, 6.45) is 1.82. The summed E-state index contributed by atoms with van der Waals surface area (Å²) in [6, 6.07) is 8.15. The van der Waals surface area contributed by atoms with Gasteiger partial charge >= 0.3 is 0 Å². The van der Waals surface area contributed by atoms with E-state index in [0.717, 1.165) is 9.99 Å². The maximum Gasteiger partial charge on any atom is 0.0836 e. The maximum absolute atomic E-state index is 4.29. The first-order valence-corrected chi connectivity index (χ1v) is 5.34. The number of benzene rings is 1. The molecule has 1 aromatic carbocycles. The highest BCUT2D eigenvalue weighted by Gasteiger charge is 1.99. The molecular formula is C9H5BrIN. The summed E-state index contributed by atoms with van der Waals surface area (Å²) in [6.45, 7) is 0. The van der Waals surface area contributed by atoms with E-state index in [4.69, 9.17) is 0 Å². The van der Waals surface area contributed by atoms with E-state index in [1.165, 1.54) is 8.96 Å². The molecule has 0 fully saturated rings. The molecule has 0 atom stereocenters. The van der Waals surface area contributed by atoms with E-state index in [2.05, 4.69) is 61.7 Å². The van der Waals surface area contributed by atoms with Crippen LogP contribution >= 0.6 is 38.5 Å². The van der Waals surface area contributed by atoms with Gasteiger partial charge in [-0.15, -0.1) is 0 Å². The van der Waals surface area contributed by atoms with Gasteiger partial charge in [0.25, 0.3) is 0 Å². The summed E-state index contributed by atoms with van der Waals surface area (Å²) in [4.78, 5) is 4.29. The van der Waals surface area contributed by atoms with E-state index in [9.17, 15) is 0 Å². The topological polar surface area (TPSA) is 12.9 Å². The Hall–Kier alpha value is -0.160. The number of rotatable bonds is 0. The average molecular weight is 334 g/mol. The zero-order valence-electron chi connectivity index (χ0n) is 6.09. The highest BCUT2D eigenvalue weighted by Crippen LogP contribution is 2.23. The van der Waals surface area contributed by atoms with Crippen LogP contribution in [0, 0.1) is 3.57 Å². The van der Waals surface area contributed by atoms with Crippen molar-refractivity contribution in [3.05, 3.63) is 38.5 Å². The van der Waals surface area contributed by atoms with Crippen LogP contribution < -0.4 is 0 Å². The van der Waals surface area contributed by atoms with Crippen LogP contribution in [0.1, 0.15) is 0 Å². The quantitative estimate of drug-likeness (QED) is 0.671. The molecule has 2 rings (SSSR count). The van der Waals surface area contributed by atoms with Crippen LogP contribution in [-0.4, -0.2) is 4.98 Å². The molecule has 12 heavy (non-hydrogen) atoms. The van der Waals surface area contributed by atoms with Crippen molar-refractivity contribution in [3.8, 4) is 0 Å². The fourth-order valence-corrected chi connectivity index (χ4v) is 2.80. The fourth-order valence-electron chi connectivity index (χ4n) is 1.11. The number of hydrogen-bond acceptors (Lipinski definition) is 1. The first-order valence-electron chi connectivity index (χ1n) is 3.47. The zero-order chi connectivity index (χ0) is 8.55. The molecule has 60 valence electrons. The minimum Gasteiger partial charge on any atom is -0.255 e. The standard InChI is InChI=1S/C9H5BrIN/c10-7-4-6-2-1-3-12-9(6)8(11)5-7/h1-5H. The van der Waals surface area contributed by atoms with Crippen LogP contribution in [0.2, 0.25) is 0 Å². The van der Waals surface area contributed by atoms with Gasteiger partial charge in [-0.25, -0.2) is 0 Å². The molecule has 0 unspecified atom stereocenters. The molecule has 0 amide bonds. The van der Waals surface area contributed by atoms with Gasteiger partial charge in [0, 0.05) is 19.6 Å². The Labute approximate surface area is 92.5 Å². The molecule has 0 aliphatic carbocycles. The minimum absolute atomic E-state index is 1.07. The van der Waals surface area contributed by atoms with Gasteiger partial charge < -0.3 is 0 Å². The Kier molecular flexibility index (Phi) is 2.32. The van der Waals surface area contributed by atoms with Crippen molar-refractivity contribution in [2.24, 2.45) is 0 Å². The van der Waals surface area contributed by atoms with Crippen LogP contribution in [0.3, 0.4) is 0 Å². The van der Waals surface area contributed by atoms with Crippen molar-refractivity contribution in [1.29, 1.82) is 0 Å². The second-order valence-electron chi connectivity index (χ2n) is 2.46. The van der Waals surface area contributed by atoms with Gasteiger partial charge in [-0.05, 0) is 40.8 Å². The molecule has 1 aromatic heterocycles. The van der Waals surface area contributed by atoms with Crippen LogP contribution in [0.5, 0.6) is 0 Å². The Balaban J connectivity index is 2.89. The van der Waals surface area contributed by atoms with Crippen molar-refractivity contribution in [2.75, 3.05) is 0 Å². The molecule has 0 bridgehead atoms. The second-order valence-corrected chi connectivity index (χ2v) is 4.54. The van der Waals surface area contributed by atoms with Gasteiger partial charge in [0.2, 0.25) is 0 Å². The molecule has 1 nitrogen and oxygen atoms in total. The smallest absolute Gasteiger partial charge is 0.0836 e. The molecule has 0 spiro atoms. The molecule has 0 saturated heterocycles. The van der Waals surface area contributed by atoms with Crippen LogP contribution in [0.4, 0.5) is 0 Å². The number of hydrogen-bond donors (Lipinski definition) is 0. The molecule has 0 saturated carbocycles. The van der Waals surface area contributed by atoms with E-state index in [1.54, 1.807) is 0 Å². The van der Waals surface area contributed by atoms with E-state index in [0.29, 0.717) is 0 Å². The number of nitrogens with zero attached hydrogens (tertiary/aromatic N) is 1. The first-order chi connectivity index (χ1) is 5.77. The maximum atomic E-state index is 4.29. The molecule has 0 aliphatic rings. The van der Waals surface area contributed by atoms with Crippen LogP contribution in [0.15, 0.2) is 34.9 Å². The Morgan fingerprint density at radius 3 is 3.00 bits per heavy atom. The lowest BCUT2D eigenvalue weighted by atomic mass is 10.2. The Bertz CT molecular complexity index is 428. The first kappa shape index (κ1) is 8.44. The monoisotopic (exact) mass is 333 g/mol. The molecule has 3 heteroatoms. The fraction of sp³-hybridized carbons (Fsp3) is 0. The molecular weight excluding hydrogens is 329 g/mol. The third-order valence-corrected chi connectivity index (χ3v) is 2.90. The summed E-state index contributed by atoms with van der Waals surface area (Å²) < 4.78 is 2.28. The summed E-state index contributed by atoms with van der Waals surface area (Å²) in [7, 11) is 0. The van der Waals surface area contributed by atoms with Crippen LogP contribution in [-0.2, 0) is 0 Å². The average Bonchev–Trinajstić information content (AvgIpc) is 2.04.